The molecule has 0 bridgehead atoms. The standard InChI is InChI=1S/C34H21N5O/c1-2-4-30-27(3-1)32-31(10-9-26-15-20-40-33(26)32)39(30)34-37-28(21-29(38-34)25-13-18-36-19-14-25)24-7-5-22(6-8-24)23-11-16-35-17-12-23/h1-21H. The Hall–Kier alpha value is -5.62. The van der Waals surface area contributed by atoms with Crippen molar-refractivity contribution in [2.45, 2.75) is 0 Å². The number of nitrogens with zero attached hydrogens (tertiary/aromatic N) is 5. The molecule has 188 valence electrons. The third kappa shape index (κ3) is 3.58. The predicted molar refractivity (Wildman–Crippen MR) is 158 cm³/mol. The van der Waals surface area contributed by atoms with Gasteiger partial charge in [0.25, 0.3) is 0 Å². The van der Waals surface area contributed by atoms with Gasteiger partial charge < -0.3 is 4.42 Å². The zero-order valence-corrected chi connectivity index (χ0v) is 21.3. The van der Waals surface area contributed by atoms with E-state index >= 15 is 0 Å². The van der Waals surface area contributed by atoms with Gasteiger partial charge in [-0.25, -0.2) is 9.97 Å². The van der Waals surface area contributed by atoms with Crippen LogP contribution in [0.1, 0.15) is 0 Å². The van der Waals surface area contributed by atoms with Gasteiger partial charge in [-0.2, -0.15) is 0 Å². The highest BCUT2D eigenvalue weighted by Gasteiger charge is 2.19. The molecule has 0 saturated carbocycles. The fraction of sp³-hybridized carbons (Fsp3) is 0. The highest BCUT2D eigenvalue weighted by Crippen LogP contribution is 2.37. The fourth-order valence-corrected chi connectivity index (χ4v) is 5.42. The van der Waals surface area contributed by atoms with Gasteiger partial charge >= 0.3 is 0 Å². The van der Waals surface area contributed by atoms with Crippen molar-refractivity contribution >= 4 is 32.8 Å². The minimum atomic E-state index is 0.597. The number of furan rings is 1. The molecule has 0 radical (unpaired) electrons. The minimum Gasteiger partial charge on any atom is -0.464 e. The van der Waals surface area contributed by atoms with E-state index in [1.54, 1.807) is 18.7 Å². The lowest BCUT2D eigenvalue weighted by Gasteiger charge is -2.12. The van der Waals surface area contributed by atoms with Crippen molar-refractivity contribution in [2.75, 3.05) is 0 Å². The maximum absolute atomic E-state index is 5.96. The van der Waals surface area contributed by atoms with E-state index in [9.17, 15) is 0 Å². The molecule has 0 amide bonds. The predicted octanol–water partition coefficient (Wildman–Crippen LogP) is 8.11. The molecule has 5 heterocycles. The fourth-order valence-electron chi connectivity index (χ4n) is 5.42. The number of rotatable bonds is 4. The molecule has 0 spiro atoms. The van der Waals surface area contributed by atoms with E-state index in [4.69, 9.17) is 14.4 Å². The summed E-state index contributed by atoms with van der Waals surface area (Å²) in [6.07, 6.45) is 8.93. The first kappa shape index (κ1) is 22.4. The Morgan fingerprint density at radius 2 is 1.18 bits per heavy atom. The van der Waals surface area contributed by atoms with Gasteiger partial charge in [0, 0.05) is 46.7 Å². The molecule has 0 aliphatic heterocycles. The summed E-state index contributed by atoms with van der Waals surface area (Å²) in [5.74, 6) is 0.597. The normalized spacial score (nSPS) is 11.5. The van der Waals surface area contributed by atoms with Crippen LogP contribution in [0.25, 0.3) is 72.4 Å². The van der Waals surface area contributed by atoms with Crippen molar-refractivity contribution in [1.29, 1.82) is 0 Å². The number of hydrogen-bond acceptors (Lipinski definition) is 5. The van der Waals surface area contributed by atoms with Crippen LogP contribution >= 0.6 is 0 Å². The summed E-state index contributed by atoms with van der Waals surface area (Å²) in [6, 6.07) is 33.0. The monoisotopic (exact) mass is 515 g/mol. The van der Waals surface area contributed by atoms with Crippen LogP contribution in [0.15, 0.2) is 133 Å². The summed E-state index contributed by atoms with van der Waals surface area (Å²) in [4.78, 5) is 18.6. The Labute approximate surface area is 229 Å². The number of fused-ring (bicyclic) bond motifs is 5. The summed E-state index contributed by atoms with van der Waals surface area (Å²) < 4.78 is 8.09. The first-order valence-electron chi connectivity index (χ1n) is 13.0. The van der Waals surface area contributed by atoms with E-state index in [0.29, 0.717) is 5.95 Å². The third-order valence-electron chi connectivity index (χ3n) is 7.34. The van der Waals surface area contributed by atoms with Gasteiger partial charge in [-0.1, -0.05) is 42.5 Å². The lowest BCUT2D eigenvalue weighted by atomic mass is 10.0. The Kier molecular flexibility index (Phi) is 5.03. The maximum atomic E-state index is 5.96. The molecule has 6 heteroatoms. The molecule has 3 aromatic carbocycles. The molecular weight excluding hydrogens is 494 g/mol. The summed E-state index contributed by atoms with van der Waals surface area (Å²) in [7, 11) is 0. The number of pyridine rings is 2. The topological polar surface area (TPSA) is 69.6 Å². The number of hydrogen-bond donors (Lipinski definition) is 0. The van der Waals surface area contributed by atoms with Gasteiger partial charge in [-0.3, -0.25) is 14.5 Å². The summed E-state index contributed by atoms with van der Waals surface area (Å²) >= 11 is 0. The van der Waals surface area contributed by atoms with E-state index in [2.05, 4.69) is 69.1 Å². The van der Waals surface area contributed by atoms with Gasteiger partial charge in [0.15, 0.2) is 0 Å². The van der Waals surface area contributed by atoms with E-state index in [-0.39, 0.29) is 0 Å². The zero-order chi connectivity index (χ0) is 26.5. The second kappa shape index (κ2) is 8.99. The van der Waals surface area contributed by atoms with Gasteiger partial charge in [0.2, 0.25) is 5.95 Å². The number of para-hydroxylation sites is 1. The average molecular weight is 516 g/mol. The SMILES string of the molecule is c1ccc2c(c1)c1c3occc3ccc1n2-c1nc(-c2ccncc2)cc(-c2ccc(-c3ccncc3)cc2)n1. The van der Waals surface area contributed by atoms with Gasteiger partial charge in [0.05, 0.1) is 34.1 Å². The molecule has 6 nitrogen and oxygen atoms in total. The maximum Gasteiger partial charge on any atom is 0.235 e. The first-order chi connectivity index (χ1) is 19.8. The molecule has 0 aliphatic carbocycles. The summed E-state index contributed by atoms with van der Waals surface area (Å²) in [6.45, 7) is 0. The Balaban J connectivity index is 1.38. The van der Waals surface area contributed by atoms with Crippen LogP contribution in [0.2, 0.25) is 0 Å². The number of aromatic nitrogens is 5. The van der Waals surface area contributed by atoms with Crippen molar-refractivity contribution in [1.82, 2.24) is 24.5 Å². The first-order valence-corrected chi connectivity index (χ1v) is 13.0. The van der Waals surface area contributed by atoms with Crippen molar-refractivity contribution in [2.24, 2.45) is 0 Å². The third-order valence-corrected chi connectivity index (χ3v) is 7.34. The van der Waals surface area contributed by atoms with Crippen LogP contribution in [0.4, 0.5) is 0 Å². The van der Waals surface area contributed by atoms with Gasteiger partial charge in [0.1, 0.15) is 5.58 Å². The summed E-state index contributed by atoms with van der Waals surface area (Å²) in [5.41, 5.74) is 8.77. The lowest BCUT2D eigenvalue weighted by Crippen LogP contribution is -2.04. The van der Waals surface area contributed by atoms with Crippen LogP contribution < -0.4 is 0 Å². The molecule has 8 rings (SSSR count). The molecule has 0 N–H and O–H groups in total. The van der Waals surface area contributed by atoms with Gasteiger partial charge in [-0.15, -0.1) is 0 Å². The van der Waals surface area contributed by atoms with Crippen LogP contribution in [0, 0.1) is 0 Å². The number of benzene rings is 3. The molecular formula is C34H21N5O. The zero-order valence-electron chi connectivity index (χ0n) is 21.3. The van der Waals surface area contributed by atoms with Crippen molar-refractivity contribution in [3.63, 3.8) is 0 Å². The lowest BCUT2D eigenvalue weighted by molar-refractivity contribution is 0.619. The molecule has 0 unspecified atom stereocenters. The minimum absolute atomic E-state index is 0.597. The smallest absolute Gasteiger partial charge is 0.235 e. The Morgan fingerprint density at radius 1 is 0.550 bits per heavy atom. The molecule has 5 aromatic heterocycles. The highest BCUT2D eigenvalue weighted by atomic mass is 16.3. The van der Waals surface area contributed by atoms with Crippen LogP contribution in [-0.4, -0.2) is 24.5 Å². The van der Waals surface area contributed by atoms with E-state index in [1.165, 1.54) is 0 Å². The largest absolute Gasteiger partial charge is 0.464 e. The summed E-state index contributed by atoms with van der Waals surface area (Å²) in [5, 5.41) is 3.22. The molecule has 8 aromatic rings. The molecule has 0 atom stereocenters. The van der Waals surface area contributed by atoms with E-state index < -0.39 is 0 Å². The molecule has 0 saturated heterocycles. The molecule has 0 fully saturated rings. The molecule has 0 aliphatic rings. The Bertz CT molecular complexity index is 2150. The molecule has 40 heavy (non-hydrogen) atoms. The van der Waals surface area contributed by atoms with E-state index in [0.717, 1.165) is 66.4 Å². The van der Waals surface area contributed by atoms with Crippen molar-refractivity contribution in [3.8, 4) is 39.6 Å². The van der Waals surface area contributed by atoms with Crippen molar-refractivity contribution < 1.29 is 4.42 Å². The van der Waals surface area contributed by atoms with Crippen molar-refractivity contribution in [3.05, 3.63) is 128 Å². The Morgan fingerprint density at radius 3 is 1.93 bits per heavy atom. The quantitative estimate of drug-likeness (QED) is 0.237. The van der Waals surface area contributed by atoms with Gasteiger partial charge in [-0.05, 0) is 65.7 Å². The van der Waals surface area contributed by atoms with Crippen LogP contribution in [0.3, 0.4) is 0 Å². The van der Waals surface area contributed by atoms with Crippen LogP contribution in [0.5, 0.6) is 0 Å². The van der Waals surface area contributed by atoms with Crippen LogP contribution in [-0.2, 0) is 0 Å². The second-order valence-corrected chi connectivity index (χ2v) is 9.64. The highest BCUT2D eigenvalue weighted by molar-refractivity contribution is 6.19. The van der Waals surface area contributed by atoms with E-state index in [1.807, 2.05) is 54.9 Å². The second-order valence-electron chi connectivity index (χ2n) is 9.64. The average Bonchev–Trinajstić information content (AvgIpc) is 3.64.